The minimum atomic E-state index is 0.424. The van der Waals surface area contributed by atoms with Crippen molar-refractivity contribution >= 4 is 50.3 Å². The van der Waals surface area contributed by atoms with E-state index >= 15 is 0 Å². The highest BCUT2D eigenvalue weighted by Crippen LogP contribution is 2.28. The average Bonchev–Trinajstić information content (AvgIpc) is 3.07. The molecule has 0 fully saturated rings. The third-order valence-electron chi connectivity index (χ3n) is 2.20. The number of thiazole rings is 2. The second-order valence-electron chi connectivity index (χ2n) is 3.41. The van der Waals surface area contributed by atoms with Crippen molar-refractivity contribution in [2.45, 2.75) is 0 Å². The molecule has 3 heterocycles. The first-order valence-electron chi connectivity index (χ1n) is 5.26. The van der Waals surface area contributed by atoms with Crippen LogP contribution >= 0.6 is 22.7 Å². The summed E-state index contributed by atoms with van der Waals surface area (Å²) in [5.41, 5.74) is 6.44. The van der Waals surface area contributed by atoms with Crippen LogP contribution in [0.2, 0.25) is 0 Å². The molecule has 0 aliphatic rings. The van der Waals surface area contributed by atoms with Crippen LogP contribution in [0.1, 0.15) is 0 Å². The number of hydrogen-bond donors (Lipinski definition) is 3. The molecule has 7 nitrogen and oxygen atoms in total. The predicted molar refractivity (Wildman–Crippen MR) is 77.2 cm³/mol. The van der Waals surface area contributed by atoms with Crippen molar-refractivity contribution in [3.05, 3.63) is 29.5 Å². The van der Waals surface area contributed by atoms with Crippen molar-refractivity contribution < 1.29 is 0 Å². The fourth-order valence-corrected chi connectivity index (χ4v) is 2.42. The van der Waals surface area contributed by atoms with Crippen LogP contribution in [0, 0.1) is 0 Å². The number of rotatable bonds is 4. The van der Waals surface area contributed by atoms with Gasteiger partial charge < -0.3 is 16.4 Å². The monoisotopic (exact) mass is 291 g/mol. The number of anilines is 5. The van der Waals surface area contributed by atoms with Crippen LogP contribution < -0.4 is 16.4 Å². The van der Waals surface area contributed by atoms with Gasteiger partial charge in [-0.1, -0.05) is 0 Å². The molecule has 0 bridgehead atoms. The van der Waals surface area contributed by atoms with Gasteiger partial charge in [-0.3, -0.25) is 0 Å². The van der Waals surface area contributed by atoms with Gasteiger partial charge in [-0.15, -0.1) is 22.7 Å². The summed E-state index contributed by atoms with van der Waals surface area (Å²) in [7, 11) is 0. The van der Waals surface area contributed by atoms with Crippen LogP contribution in [0.5, 0.6) is 0 Å². The summed E-state index contributed by atoms with van der Waals surface area (Å²) in [6, 6.07) is 0. The minimum Gasteiger partial charge on any atom is -0.393 e. The molecule has 0 saturated heterocycles. The quantitative estimate of drug-likeness (QED) is 0.678. The average molecular weight is 291 g/mol. The van der Waals surface area contributed by atoms with E-state index in [1.807, 2.05) is 10.8 Å². The summed E-state index contributed by atoms with van der Waals surface area (Å²) < 4.78 is 0. The number of nitrogen functional groups attached to an aromatic ring is 1. The number of nitrogens with zero attached hydrogens (tertiary/aromatic N) is 4. The van der Waals surface area contributed by atoms with Gasteiger partial charge >= 0.3 is 0 Å². The van der Waals surface area contributed by atoms with E-state index in [1.54, 1.807) is 12.4 Å². The van der Waals surface area contributed by atoms with Gasteiger partial charge in [-0.05, 0) is 0 Å². The van der Waals surface area contributed by atoms with Crippen LogP contribution in [0.3, 0.4) is 0 Å². The maximum Gasteiger partial charge on any atom is 0.188 e. The Balaban J connectivity index is 1.86. The predicted octanol–water partition coefficient (Wildman–Crippen LogP) is 2.46. The molecule has 4 N–H and O–H groups in total. The molecular formula is C10H9N7S2. The third-order valence-corrected chi connectivity index (χ3v) is 3.58. The van der Waals surface area contributed by atoms with Gasteiger partial charge in [0.1, 0.15) is 12.0 Å². The Morgan fingerprint density at radius 2 is 1.37 bits per heavy atom. The molecule has 0 aliphatic heterocycles. The first-order chi connectivity index (χ1) is 9.33. The van der Waals surface area contributed by atoms with E-state index in [2.05, 4.69) is 30.6 Å². The zero-order valence-electron chi connectivity index (χ0n) is 9.57. The summed E-state index contributed by atoms with van der Waals surface area (Å²) >= 11 is 2.94. The van der Waals surface area contributed by atoms with Crippen LogP contribution in [-0.4, -0.2) is 19.9 Å². The van der Waals surface area contributed by atoms with Gasteiger partial charge in [0.05, 0.1) is 0 Å². The summed E-state index contributed by atoms with van der Waals surface area (Å²) in [6.07, 6.45) is 4.85. The minimum absolute atomic E-state index is 0.424. The molecule has 3 aromatic heterocycles. The molecule has 0 amide bonds. The van der Waals surface area contributed by atoms with Crippen LogP contribution in [0.15, 0.2) is 29.5 Å². The largest absolute Gasteiger partial charge is 0.393 e. The second kappa shape index (κ2) is 5.16. The normalized spacial score (nSPS) is 10.3. The molecule has 96 valence electrons. The van der Waals surface area contributed by atoms with Gasteiger partial charge in [0.2, 0.25) is 0 Å². The number of aromatic nitrogens is 4. The van der Waals surface area contributed by atoms with Crippen molar-refractivity contribution in [1.82, 2.24) is 19.9 Å². The molecular weight excluding hydrogens is 282 g/mol. The number of nitrogens with one attached hydrogen (secondary N) is 2. The Kier molecular flexibility index (Phi) is 3.21. The standard InChI is InChI=1S/C10H9N7S2/c11-6-7(16-9-12-1-3-18-9)14-5-15-8(6)17-10-13-2-4-19-10/h1-5H,11H2,(H2,12,13,14,15,16,17). The maximum absolute atomic E-state index is 6.02. The number of nitrogens with two attached hydrogens (primary N) is 1. The topological polar surface area (TPSA) is 102 Å². The van der Waals surface area contributed by atoms with E-state index in [4.69, 9.17) is 5.73 Å². The first kappa shape index (κ1) is 11.8. The fourth-order valence-electron chi connectivity index (χ4n) is 1.37. The van der Waals surface area contributed by atoms with Crippen LogP contribution in [0.25, 0.3) is 0 Å². The molecule has 0 spiro atoms. The lowest BCUT2D eigenvalue weighted by atomic mass is 10.4. The van der Waals surface area contributed by atoms with Crippen molar-refractivity contribution in [2.24, 2.45) is 0 Å². The van der Waals surface area contributed by atoms with Gasteiger partial charge in [0, 0.05) is 23.2 Å². The highest BCUT2D eigenvalue weighted by atomic mass is 32.1. The lowest BCUT2D eigenvalue weighted by Crippen LogP contribution is -2.04. The molecule has 9 heteroatoms. The van der Waals surface area contributed by atoms with E-state index in [9.17, 15) is 0 Å². The molecule has 3 rings (SSSR count). The van der Waals surface area contributed by atoms with Crippen LogP contribution in [-0.2, 0) is 0 Å². The molecule has 0 saturated carbocycles. The molecule has 0 unspecified atom stereocenters. The number of hydrogen-bond acceptors (Lipinski definition) is 9. The van der Waals surface area contributed by atoms with E-state index in [0.29, 0.717) is 17.3 Å². The highest BCUT2D eigenvalue weighted by Gasteiger charge is 2.10. The maximum atomic E-state index is 6.02. The molecule has 0 atom stereocenters. The Hall–Kier alpha value is -2.26. The summed E-state index contributed by atoms with van der Waals surface area (Å²) in [5.74, 6) is 1.04. The molecule has 0 aliphatic carbocycles. The third kappa shape index (κ3) is 2.61. The van der Waals surface area contributed by atoms with Gasteiger partial charge in [-0.2, -0.15) is 0 Å². The van der Waals surface area contributed by atoms with E-state index < -0.39 is 0 Å². The molecule has 19 heavy (non-hydrogen) atoms. The zero-order chi connectivity index (χ0) is 13.1. The first-order valence-corrected chi connectivity index (χ1v) is 7.02. The highest BCUT2D eigenvalue weighted by molar-refractivity contribution is 7.14. The van der Waals surface area contributed by atoms with Crippen molar-refractivity contribution in [3.8, 4) is 0 Å². The van der Waals surface area contributed by atoms with Crippen LogP contribution in [0.4, 0.5) is 27.6 Å². The Bertz CT molecular complexity index is 596. The summed E-state index contributed by atoms with van der Waals surface area (Å²) in [4.78, 5) is 16.4. The van der Waals surface area contributed by atoms with Gasteiger partial charge in [-0.25, -0.2) is 19.9 Å². The van der Waals surface area contributed by atoms with Gasteiger partial charge in [0.25, 0.3) is 0 Å². The molecule has 0 aromatic carbocycles. The zero-order valence-corrected chi connectivity index (χ0v) is 11.2. The SMILES string of the molecule is Nc1c(Nc2nccs2)ncnc1Nc1nccs1. The summed E-state index contributed by atoms with van der Waals surface area (Å²) in [5, 5.41) is 11.3. The summed E-state index contributed by atoms with van der Waals surface area (Å²) in [6.45, 7) is 0. The Morgan fingerprint density at radius 3 is 1.79 bits per heavy atom. The Morgan fingerprint density at radius 1 is 0.842 bits per heavy atom. The lowest BCUT2D eigenvalue weighted by Gasteiger charge is -2.09. The lowest BCUT2D eigenvalue weighted by molar-refractivity contribution is 1.16. The smallest absolute Gasteiger partial charge is 0.188 e. The van der Waals surface area contributed by atoms with Crippen molar-refractivity contribution in [2.75, 3.05) is 16.4 Å². The van der Waals surface area contributed by atoms with Crippen molar-refractivity contribution in [1.29, 1.82) is 0 Å². The van der Waals surface area contributed by atoms with Crippen molar-refractivity contribution in [3.63, 3.8) is 0 Å². The molecule has 3 aromatic rings. The van der Waals surface area contributed by atoms with E-state index in [-0.39, 0.29) is 0 Å². The van der Waals surface area contributed by atoms with Gasteiger partial charge in [0.15, 0.2) is 21.9 Å². The Labute approximate surface area is 116 Å². The second-order valence-corrected chi connectivity index (χ2v) is 5.20. The fraction of sp³-hybridized carbons (Fsp3) is 0. The van der Waals surface area contributed by atoms with E-state index in [0.717, 1.165) is 10.3 Å². The molecule has 0 radical (unpaired) electrons. The van der Waals surface area contributed by atoms with E-state index in [1.165, 1.54) is 29.0 Å².